The molecule has 2 amide bonds. The van der Waals surface area contributed by atoms with Gasteiger partial charge in [-0.2, -0.15) is 5.26 Å². The number of hydrogen-bond donors (Lipinski definition) is 2. The van der Waals surface area contributed by atoms with Gasteiger partial charge in [-0.15, -0.1) is 0 Å². The molecule has 2 N–H and O–H groups in total. The van der Waals surface area contributed by atoms with E-state index in [0.717, 1.165) is 6.07 Å². The fraction of sp³-hybridized carbons (Fsp3) is 0.333. The number of amides is 2. The number of halogens is 2. The van der Waals surface area contributed by atoms with Crippen molar-refractivity contribution in [1.29, 1.82) is 5.26 Å². The van der Waals surface area contributed by atoms with Crippen LogP contribution in [0, 0.1) is 24.1 Å². The summed E-state index contributed by atoms with van der Waals surface area (Å²) in [5, 5.41) is 14.1. The summed E-state index contributed by atoms with van der Waals surface area (Å²) in [4.78, 5) is 37.9. The van der Waals surface area contributed by atoms with E-state index in [0.29, 0.717) is 6.42 Å². The largest absolute Gasteiger partial charge is 0.344 e. The first-order valence-corrected chi connectivity index (χ1v) is 9.54. The van der Waals surface area contributed by atoms with Crippen molar-refractivity contribution in [2.75, 3.05) is 5.32 Å². The molecule has 158 valence electrons. The first kappa shape index (κ1) is 23.1. The highest BCUT2D eigenvalue weighted by molar-refractivity contribution is 6.44. The van der Waals surface area contributed by atoms with E-state index in [4.69, 9.17) is 16.9 Å². The highest BCUT2D eigenvalue weighted by atomic mass is 35.5. The summed E-state index contributed by atoms with van der Waals surface area (Å²) in [6.07, 6.45) is 0.620. The van der Waals surface area contributed by atoms with Gasteiger partial charge in [0, 0.05) is 18.3 Å². The van der Waals surface area contributed by atoms with Crippen LogP contribution in [-0.4, -0.2) is 27.7 Å². The summed E-state index contributed by atoms with van der Waals surface area (Å²) in [5.41, 5.74) is -0.379. The molecule has 1 heterocycles. The quantitative estimate of drug-likeness (QED) is 0.536. The molecule has 1 aromatic carbocycles. The van der Waals surface area contributed by atoms with Crippen LogP contribution in [-0.2, 0) is 11.8 Å². The highest BCUT2D eigenvalue weighted by Crippen LogP contribution is 2.28. The average molecular weight is 433 g/mol. The van der Waals surface area contributed by atoms with Gasteiger partial charge in [-0.1, -0.05) is 18.5 Å². The topological polar surface area (TPSA) is 104 Å². The molecule has 0 unspecified atom stereocenters. The van der Waals surface area contributed by atoms with Crippen molar-refractivity contribution in [2.24, 2.45) is 7.05 Å². The lowest BCUT2D eigenvalue weighted by Crippen LogP contribution is -2.46. The molecule has 30 heavy (non-hydrogen) atoms. The van der Waals surface area contributed by atoms with Gasteiger partial charge in [-0.3, -0.25) is 14.4 Å². The van der Waals surface area contributed by atoms with E-state index < -0.39 is 29.0 Å². The van der Waals surface area contributed by atoms with Gasteiger partial charge in [-0.05, 0) is 51.0 Å². The molecule has 0 spiro atoms. The van der Waals surface area contributed by atoms with Crippen molar-refractivity contribution >= 4 is 34.9 Å². The van der Waals surface area contributed by atoms with Gasteiger partial charge in [0.05, 0.1) is 16.8 Å². The van der Waals surface area contributed by atoms with Gasteiger partial charge < -0.3 is 15.2 Å². The number of carbonyl (C=O) groups is 3. The molecule has 0 aliphatic rings. The smallest absolute Gasteiger partial charge is 0.294 e. The lowest BCUT2D eigenvalue weighted by atomic mass is 10.0. The average Bonchev–Trinajstić information content (AvgIpc) is 2.91. The molecule has 0 saturated heterocycles. The third kappa shape index (κ3) is 4.52. The van der Waals surface area contributed by atoms with E-state index in [1.165, 1.54) is 30.7 Å². The summed E-state index contributed by atoms with van der Waals surface area (Å²) in [7, 11) is 1.48. The molecule has 0 atom stereocenters. The predicted molar refractivity (Wildman–Crippen MR) is 111 cm³/mol. The van der Waals surface area contributed by atoms with Crippen LogP contribution < -0.4 is 10.6 Å². The normalized spacial score (nSPS) is 11.0. The molecule has 0 aliphatic carbocycles. The van der Waals surface area contributed by atoms with Gasteiger partial charge in [0.25, 0.3) is 17.6 Å². The first-order valence-electron chi connectivity index (χ1n) is 9.16. The van der Waals surface area contributed by atoms with Crippen LogP contribution >= 0.6 is 11.6 Å². The standard InChI is InChI=1S/C21H22ClFN4O3/c1-6-21(3,4)26-20(30)17(28)16-11(2)15(18(22)27(16)5)19(29)25-13-7-8-14(23)12(9-13)10-24/h7-9H,6H2,1-5H3,(H,25,29)(H,26,30). The molecule has 7 nitrogen and oxygen atoms in total. The van der Waals surface area contributed by atoms with Gasteiger partial charge in [0.2, 0.25) is 0 Å². The molecule has 9 heteroatoms. The number of hydrogen-bond acceptors (Lipinski definition) is 4. The molecule has 2 aromatic rings. The van der Waals surface area contributed by atoms with Gasteiger partial charge in [0.1, 0.15) is 17.0 Å². The summed E-state index contributed by atoms with van der Waals surface area (Å²) in [6, 6.07) is 5.23. The number of aromatic nitrogens is 1. The Morgan fingerprint density at radius 1 is 1.30 bits per heavy atom. The second kappa shape index (κ2) is 8.67. The number of nitriles is 1. The predicted octanol–water partition coefficient (Wildman–Crippen LogP) is 3.74. The van der Waals surface area contributed by atoms with E-state index in [9.17, 15) is 18.8 Å². The summed E-state index contributed by atoms with van der Waals surface area (Å²) in [5.74, 6) is -2.98. The molecule has 2 rings (SSSR count). The molecule has 0 saturated carbocycles. The van der Waals surface area contributed by atoms with E-state index in [1.807, 2.05) is 6.92 Å². The Kier molecular flexibility index (Phi) is 6.68. The minimum atomic E-state index is -0.814. The van der Waals surface area contributed by atoms with Crippen molar-refractivity contribution in [3.05, 3.63) is 51.6 Å². The molecule has 1 aromatic heterocycles. The number of carbonyl (C=O) groups excluding carboxylic acids is 3. The van der Waals surface area contributed by atoms with E-state index >= 15 is 0 Å². The summed E-state index contributed by atoms with van der Waals surface area (Å²) >= 11 is 6.28. The van der Waals surface area contributed by atoms with Crippen LogP contribution in [0.3, 0.4) is 0 Å². The number of rotatable bonds is 6. The van der Waals surface area contributed by atoms with Crippen molar-refractivity contribution in [2.45, 2.75) is 39.7 Å². The molecular formula is C21H22ClFN4O3. The van der Waals surface area contributed by atoms with Crippen LogP contribution in [0.25, 0.3) is 0 Å². The Hall–Kier alpha value is -3.18. The fourth-order valence-electron chi connectivity index (χ4n) is 2.82. The SMILES string of the molecule is CCC(C)(C)NC(=O)C(=O)c1c(C)c(C(=O)Nc2ccc(F)c(C#N)c2)c(Cl)n1C. The van der Waals surface area contributed by atoms with Crippen molar-refractivity contribution in [3.8, 4) is 6.07 Å². The zero-order valence-corrected chi connectivity index (χ0v) is 18.1. The number of nitrogens with one attached hydrogen (secondary N) is 2. The van der Waals surface area contributed by atoms with Crippen LogP contribution in [0.15, 0.2) is 18.2 Å². The second-order valence-electron chi connectivity index (χ2n) is 7.48. The van der Waals surface area contributed by atoms with Crippen LogP contribution in [0.4, 0.5) is 10.1 Å². The van der Waals surface area contributed by atoms with Gasteiger partial charge in [-0.25, -0.2) is 4.39 Å². The van der Waals surface area contributed by atoms with E-state index in [1.54, 1.807) is 19.9 Å². The Morgan fingerprint density at radius 3 is 2.50 bits per heavy atom. The number of anilines is 1. The van der Waals surface area contributed by atoms with E-state index in [-0.39, 0.29) is 33.2 Å². The van der Waals surface area contributed by atoms with Crippen LogP contribution in [0.2, 0.25) is 5.15 Å². The molecule has 0 fully saturated rings. The Labute approximate surface area is 178 Å². The zero-order chi connectivity index (χ0) is 22.8. The minimum absolute atomic E-state index is 0.00732. The van der Waals surface area contributed by atoms with Gasteiger partial charge in [0.15, 0.2) is 0 Å². The number of ketones is 1. The number of benzene rings is 1. The maximum Gasteiger partial charge on any atom is 0.294 e. The molecular weight excluding hydrogens is 411 g/mol. The van der Waals surface area contributed by atoms with Crippen molar-refractivity contribution in [3.63, 3.8) is 0 Å². The number of Topliss-reactive ketones (excluding diaryl/α,β-unsaturated/α-hetero) is 1. The highest BCUT2D eigenvalue weighted by Gasteiger charge is 2.31. The maximum atomic E-state index is 13.5. The van der Waals surface area contributed by atoms with Crippen LogP contribution in [0.1, 0.15) is 59.2 Å². The Morgan fingerprint density at radius 2 is 1.93 bits per heavy atom. The van der Waals surface area contributed by atoms with Crippen molar-refractivity contribution < 1.29 is 18.8 Å². The summed E-state index contributed by atoms with van der Waals surface area (Å²) in [6.45, 7) is 6.97. The summed E-state index contributed by atoms with van der Waals surface area (Å²) < 4.78 is 14.8. The van der Waals surface area contributed by atoms with E-state index in [2.05, 4.69) is 10.6 Å². The zero-order valence-electron chi connectivity index (χ0n) is 17.3. The van der Waals surface area contributed by atoms with Gasteiger partial charge >= 0.3 is 0 Å². The lowest BCUT2D eigenvalue weighted by Gasteiger charge is -2.24. The molecule has 0 bridgehead atoms. The maximum absolute atomic E-state index is 13.5. The monoisotopic (exact) mass is 432 g/mol. The Bertz CT molecular complexity index is 1080. The number of nitrogens with zero attached hydrogens (tertiary/aromatic N) is 2. The second-order valence-corrected chi connectivity index (χ2v) is 7.84. The molecule has 0 aliphatic heterocycles. The lowest BCUT2D eigenvalue weighted by molar-refractivity contribution is -0.118. The molecule has 0 radical (unpaired) electrons. The van der Waals surface area contributed by atoms with Crippen molar-refractivity contribution in [1.82, 2.24) is 9.88 Å². The third-order valence-corrected chi connectivity index (χ3v) is 5.34. The third-order valence-electron chi connectivity index (χ3n) is 4.90. The Balaban J connectivity index is 2.38. The minimum Gasteiger partial charge on any atom is -0.344 e. The van der Waals surface area contributed by atoms with Crippen LogP contribution in [0.5, 0.6) is 0 Å². The fourth-order valence-corrected chi connectivity index (χ4v) is 3.13. The first-order chi connectivity index (χ1) is 13.9.